The van der Waals surface area contributed by atoms with Gasteiger partial charge in [-0.3, -0.25) is 10.00 Å². The first-order valence-electron chi connectivity index (χ1n) is 12.7. The molecule has 7 heteroatoms. The van der Waals surface area contributed by atoms with E-state index in [-0.39, 0.29) is 0 Å². The molecule has 5 rings (SSSR count). The standard InChI is InChI=1S/C29H33N7/c1-22-19-29(35-34-22)33-28-20-27(31-26(32-28)16-13-23-9-5-4-6-10-23)30-25-14-11-24(12-15-25)21-36-17-7-2-3-8-18-36/h4-6,9-16,19-20H,2-3,7-8,17-18,21H2,1H3,(H3,30,31,32,33,34,35)/b16-13+. The lowest BCUT2D eigenvalue weighted by Gasteiger charge is -2.20. The lowest BCUT2D eigenvalue weighted by molar-refractivity contribution is 0.277. The van der Waals surface area contributed by atoms with Gasteiger partial charge in [0.1, 0.15) is 11.6 Å². The molecule has 0 spiro atoms. The summed E-state index contributed by atoms with van der Waals surface area (Å²) in [5, 5.41) is 14.0. The van der Waals surface area contributed by atoms with Gasteiger partial charge in [0.15, 0.2) is 11.6 Å². The number of hydrogen-bond acceptors (Lipinski definition) is 6. The predicted molar refractivity (Wildman–Crippen MR) is 147 cm³/mol. The van der Waals surface area contributed by atoms with Gasteiger partial charge in [-0.25, -0.2) is 9.97 Å². The molecule has 1 saturated heterocycles. The number of rotatable bonds is 8. The Morgan fingerprint density at radius 2 is 1.53 bits per heavy atom. The van der Waals surface area contributed by atoms with Crippen molar-refractivity contribution in [2.45, 2.75) is 39.2 Å². The molecule has 0 radical (unpaired) electrons. The smallest absolute Gasteiger partial charge is 0.156 e. The normalized spacial score (nSPS) is 14.6. The second-order valence-electron chi connectivity index (χ2n) is 9.31. The van der Waals surface area contributed by atoms with Gasteiger partial charge in [0, 0.05) is 30.1 Å². The Labute approximate surface area is 212 Å². The van der Waals surface area contributed by atoms with Crippen LogP contribution in [0.4, 0.5) is 23.1 Å². The summed E-state index contributed by atoms with van der Waals surface area (Å²) in [5.74, 6) is 2.71. The second kappa shape index (κ2) is 11.6. The number of nitrogens with zero attached hydrogens (tertiary/aromatic N) is 4. The highest BCUT2D eigenvalue weighted by Crippen LogP contribution is 2.22. The molecule has 36 heavy (non-hydrogen) atoms. The second-order valence-corrected chi connectivity index (χ2v) is 9.31. The summed E-state index contributed by atoms with van der Waals surface area (Å²) in [5.41, 5.74) is 4.41. The fraction of sp³-hybridized carbons (Fsp3) is 0.276. The number of H-pyrrole nitrogens is 1. The Hall–Kier alpha value is -3.97. The van der Waals surface area contributed by atoms with Crippen LogP contribution in [0.25, 0.3) is 12.2 Å². The molecule has 1 fully saturated rings. The summed E-state index contributed by atoms with van der Waals surface area (Å²) in [7, 11) is 0. The van der Waals surface area contributed by atoms with Crippen molar-refractivity contribution in [1.29, 1.82) is 0 Å². The molecule has 4 aromatic rings. The summed E-state index contributed by atoms with van der Waals surface area (Å²) < 4.78 is 0. The Morgan fingerprint density at radius 1 is 0.806 bits per heavy atom. The highest BCUT2D eigenvalue weighted by atomic mass is 15.2. The van der Waals surface area contributed by atoms with Gasteiger partial charge in [-0.05, 0) is 62.2 Å². The number of hydrogen-bond donors (Lipinski definition) is 3. The highest BCUT2D eigenvalue weighted by molar-refractivity contribution is 5.70. The average molecular weight is 480 g/mol. The molecule has 0 saturated carbocycles. The molecule has 184 valence electrons. The number of benzene rings is 2. The van der Waals surface area contributed by atoms with Crippen LogP contribution >= 0.6 is 0 Å². The first-order valence-corrected chi connectivity index (χ1v) is 12.7. The van der Waals surface area contributed by atoms with Gasteiger partial charge in [-0.15, -0.1) is 0 Å². The quantitative estimate of drug-likeness (QED) is 0.266. The minimum absolute atomic E-state index is 0.608. The lowest BCUT2D eigenvalue weighted by Crippen LogP contribution is -2.23. The van der Waals surface area contributed by atoms with Gasteiger partial charge in [0.25, 0.3) is 0 Å². The maximum Gasteiger partial charge on any atom is 0.156 e. The Balaban J connectivity index is 1.33. The van der Waals surface area contributed by atoms with Crippen LogP contribution in [-0.2, 0) is 6.54 Å². The Morgan fingerprint density at radius 3 is 2.22 bits per heavy atom. The van der Waals surface area contributed by atoms with Crippen LogP contribution in [0.1, 0.15) is 48.3 Å². The van der Waals surface area contributed by atoms with E-state index in [4.69, 9.17) is 4.98 Å². The fourth-order valence-electron chi connectivity index (χ4n) is 4.41. The van der Waals surface area contributed by atoms with E-state index < -0.39 is 0 Å². The molecule has 0 amide bonds. The van der Waals surface area contributed by atoms with Crippen molar-refractivity contribution in [2.75, 3.05) is 23.7 Å². The van der Waals surface area contributed by atoms with E-state index in [9.17, 15) is 0 Å². The number of aromatic nitrogens is 4. The maximum atomic E-state index is 4.73. The number of anilines is 4. The van der Waals surface area contributed by atoms with Crippen LogP contribution in [0.15, 0.2) is 66.7 Å². The first kappa shape index (κ1) is 23.8. The number of nitrogens with one attached hydrogen (secondary N) is 3. The SMILES string of the molecule is Cc1cc(Nc2cc(Nc3ccc(CN4CCCCCC4)cc3)nc(/C=C/c3ccccc3)n2)n[nH]1. The number of likely N-dealkylation sites (tertiary alicyclic amines) is 1. The topological polar surface area (TPSA) is 81.8 Å². The predicted octanol–water partition coefficient (Wildman–Crippen LogP) is 6.54. The lowest BCUT2D eigenvalue weighted by atomic mass is 10.2. The molecule has 0 aliphatic carbocycles. The molecule has 3 N–H and O–H groups in total. The zero-order chi connectivity index (χ0) is 24.6. The van der Waals surface area contributed by atoms with Crippen LogP contribution in [0.2, 0.25) is 0 Å². The van der Waals surface area contributed by atoms with Gasteiger partial charge in [-0.2, -0.15) is 5.10 Å². The molecule has 3 heterocycles. The van der Waals surface area contributed by atoms with Gasteiger partial charge in [0.05, 0.1) is 0 Å². The van der Waals surface area contributed by atoms with Crippen LogP contribution in [-0.4, -0.2) is 38.2 Å². The molecule has 7 nitrogen and oxygen atoms in total. The first-order chi connectivity index (χ1) is 17.7. The summed E-state index contributed by atoms with van der Waals surface area (Å²) >= 11 is 0. The molecule has 0 atom stereocenters. The van der Waals surface area contributed by atoms with E-state index in [0.717, 1.165) is 23.5 Å². The molecule has 0 bridgehead atoms. The van der Waals surface area contributed by atoms with Crippen molar-refractivity contribution >= 4 is 35.3 Å². The van der Waals surface area contributed by atoms with E-state index in [2.05, 4.69) is 67.1 Å². The largest absolute Gasteiger partial charge is 0.340 e. The number of aromatic amines is 1. The van der Waals surface area contributed by atoms with Crippen molar-refractivity contribution in [3.63, 3.8) is 0 Å². The third kappa shape index (κ3) is 6.79. The third-order valence-corrected chi connectivity index (χ3v) is 6.26. The van der Waals surface area contributed by atoms with Crippen LogP contribution < -0.4 is 10.6 Å². The zero-order valence-electron chi connectivity index (χ0n) is 20.7. The summed E-state index contributed by atoms with van der Waals surface area (Å²) in [6.45, 7) is 5.38. The molecule has 2 aromatic heterocycles. The van der Waals surface area contributed by atoms with E-state index in [1.165, 1.54) is 44.3 Å². The minimum Gasteiger partial charge on any atom is -0.340 e. The van der Waals surface area contributed by atoms with E-state index in [1.54, 1.807) is 0 Å². The van der Waals surface area contributed by atoms with Gasteiger partial charge in [0.2, 0.25) is 0 Å². The van der Waals surface area contributed by atoms with E-state index in [0.29, 0.717) is 23.3 Å². The van der Waals surface area contributed by atoms with Crippen LogP contribution in [0.5, 0.6) is 0 Å². The van der Waals surface area contributed by atoms with Gasteiger partial charge in [-0.1, -0.05) is 61.4 Å². The van der Waals surface area contributed by atoms with Crippen molar-refractivity contribution in [3.05, 3.63) is 89.4 Å². The van der Waals surface area contributed by atoms with Gasteiger partial charge < -0.3 is 10.6 Å². The van der Waals surface area contributed by atoms with E-state index in [1.807, 2.05) is 49.4 Å². The van der Waals surface area contributed by atoms with Gasteiger partial charge >= 0.3 is 0 Å². The molecule has 1 aliphatic rings. The molecular weight excluding hydrogens is 446 g/mol. The summed E-state index contributed by atoms with van der Waals surface area (Å²) in [6.07, 6.45) is 9.27. The summed E-state index contributed by atoms with van der Waals surface area (Å²) in [6, 6.07) is 22.6. The molecular formula is C29H33N7. The van der Waals surface area contributed by atoms with Crippen LogP contribution in [0.3, 0.4) is 0 Å². The third-order valence-electron chi connectivity index (χ3n) is 6.26. The van der Waals surface area contributed by atoms with E-state index >= 15 is 0 Å². The van der Waals surface area contributed by atoms with Crippen molar-refractivity contribution in [2.24, 2.45) is 0 Å². The summed E-state index contributed by atoms with van der Waals surface area (Å²) in [4.78, 5) is 12.0. The molecule has 2 aromatic carbocycles. The highest BCUT2D eigenvalue weighted by Gasteiger charge is 2.10. The number of aryl methyl sites for hydroxylation is 1. The zero-order valence-corrected chi connectivity index (χ0v) is 20.7. The molecule has 0 unspecified atom stereocenters. The fourth-order valence-corrected chi connectivity index (χ4v) is 4.41. The van der Waals surface area contributed by atoms with Crippen LogP contribution in [0, 0.1) is 6.92 Å². The minimum atomic E-state index is 0.608. The van der Waals surface area contributed by atoms with Crippen molar-refractivity contribution < 1.29 is 0 Å². The average Bonchev–Trinajstić information content (AvgIpc) is 3.13. The Bertz CT molecular complexity index is 1270. The Kier molecular flexibility index (Phi) is 7.68. The molecule has 1 aliphatic heterocycles. The monoisotopic (exact) mass is 479 g/mol. The van der Waals surface area contributed by atoms with Crippen molar-refractivity contribution in [3.8, 4) is 0 Å². The van der Waals surface area contributed by atoms with Crippen molar-refractivity contribution in [1.82, 2.24) is 25.1 Å². The maximum absolute atomic E-state index is 4.73.